The molecule has 1 heterocycles. The van der Waals surface area contributed by atoms with Crippen LogP contribution in [0.3, 0.4) is 0 Å². The van der Waals surface area contributed by atoms with Gasteiger partial charge < -0.3 is 10.2 Å². The van der Waals surface area contributed by atoms with Crippen LogP contribution in [0.2, 0.25) is 0 Å². The highest BCUT2D eigenvalue weighted by atomic mass is 19.4. The van der Waals surface area contributed by atoms with E-state index < -0.39 is 23.4 Å². The fourth-order valence-corrected chi connectivity index (χ4v) is 1.64. The summed E-state index contributed by atoms with van der Waals surface area (Å²) in [4.78, 5) is 11.1. The molecule has 1 amide bonds. The van der Waals surface area contributed by atoms with Crippen LogP contribution in [0, 0.1) is 0 Å². The zero-order valence-corrected chi connectivity index (χ0v) is 8.99. The molecular formula is C12H8F3NO2. The molecule has 1 aromatic carbocycles. The number of carbonyl (C=O) groups excluding carboxylic acids is 1. The van der Waals surface area contributed by atoms with Crippen molar-refractivity contribution in [1.29, 1.82) is 0 Å². The number of halogens is 3. The fourth-order valence-electron chi connectivity index (χ4n) is 1.64. The SMILES string of the molecule is NC(=O)c1occ(C(F)(F)F)c1-c1ccccc1. The number of benzene rings is 1. The largest absolute Gasteiger partial charge is 0.458 e. The van der Waals surface area contributed by atoms with E-state index in [1.54, 1.807) is 18.2 Å². The van der Waals surface area contributed by atoms with E-state index in [0.29, 0.717) is 6.26 Å². The van der Waals surface area contributed by atoms with Gasteiger partial charge in [-0.25, -0.2) is 0 Å². The highest BCUT2D eigenvalue weighted by molar-refractivity contribution is 5.98. The minimum Gasteiger partial charge on any atom is -0.458 e. The van der Waals surface area contributed by atoms with Crippen molar-refractivity contribution in [2.24, 2.45) is 5.73 Å². The van der Waals surface area contributed by atoms with Crippen molar-refractivity contribution in [3.63, 3.8) is 0 Å². The molecule has 0 spiro atoms. The lowest BCUT2D eigenvalue weighted by Crippen LogP contribution is -2.12. The van der Waals surface area contributed by atoms with Crippen molar-refractivity contribution in [3.8, 4) is 11.1 Å². The molecule has 2 rings (SSSR count). The molecule has 0 saturated carbocycles. The van der Waals surface area contributed by atoms with E-state index >= 15 is 0 Å². The summed E-state index contributed by atoms with van der Waals surface area (Å²) in [5.74, 6) is -1.53. The van der Waals surface area contributed by atoms with Crippen molar-refractivity contribution < 1.29 is 22.4 Å². The summed E-state index contributed by atoms with van der Waals surface area (Å²) in [6, 6.07) is 7.68. The maximum Gasteiger partial charge on any atom is 0.420 e. The van der Waals surface area contributed by atoms with Crippen LogP contribution in [0.1, 0.15) is 16.1 Å². The Morgan fingerprint density at radius 1 is 1.17 bits per heavy atom. The monoisotopic (exact) mass is 255 g/mol. The van der Waals surface area contributed by atoms with Crippen molar-refractivity contribution in [2.45, 2.75) is 6.18 Å². The molecule has 0 aliphatic heterocycles. The van der Waals surface area contributed by atoms with Gasteiger partial charge in [0.05, 0.1) is 0 Å². The van der Waals surface area contributed by atoms with Crippen molar-refractivity contribution in [2.75, 3.05) is 0 Å². The van der Waals surface area contributed by atoms with Crippen LogP contribution in [0.25, 0.3) is 11.1 Å². The third kappa shape index (κ3) is 2.09. The average Bonchev–Trinajstić information content (AvgIpc) is 2.74. The van der Waals surface area contributed by atoms with Crippen LogP contribution >= 0.6 is 0 Å². The first-order chi connectivity index (χ1) is 8.41. The molecule has 0 bridgehead atoms. The van der Waals surface area contributed by atoms with Crippen LogP contribution in [0.15, 0.2) is 41.0 Å². The van der Waals surface area contributed by atoms with Gasteiger partial charge in [0.2, 0.25) is 0 Å². The van der Waals surface area contributed by atoms with Gasteiger partial charge in [-0.05, 0) is 5.56 Å². The summed E-state index contributed by atoms with van der Waals surface area (Å²) in [5.41, 5.74) is 3.90. The predicted molar refractivity (Wildman–Crippen MR) is 57.7 cm³/mol. The van der Waals surface area contributed by atoms with Gasteiger partial charge in [0.1, 0.15) is 11.8 Å². The predicted octanol–water partition coefficient (Wildman–Crippen LogP) is 3.06. The topological polar surface area (TPSA) is 56.2 Å². The second-order valence-electron chi connectivity index (χ2n) is 3.58. The Morgan fingerprint density at radius 3 is 2.28 bits per heavy atom. The number of carbonyl (C=O) groups is 1. The first-order valence-corrected chi connectivity index (χ1v) is 4.95. The lowest BCUT2D eigenvalue weighted by molar-refractivity contribution is -0.137. The van der Waals surface area contributed by atoms with Gasteiger partial charge in [0, 0.05) is 5.56 Å². The highest BCUT2D eigenvalue weighted by Crippen LogP contribution is 2.40. The first-order valence-electron chi connectivity index (χ1n) is 4.95. The normalized spacial score (nSPS) is 11.5. The average molecular weight is 255 g/mol. The molecule has 0 fully saturated rings. The van der Waals surface area contributed by atoms with E-state index in [2.05, 4.69) is 4.42 Å². The zero-order chi connectivity index (χ0) is 13.3. The van der Waals surface area contributed by atoms with E-state index in [1.165, 1.54) is 12.1 Å². The number of hydrogen-bond acceptors (Lipinski definition) is 2. The third-order valence-electron chi connectivity index (χ3n) is 2.38. The Balaban J connectivity index is 2.70. The summed E-state index contributed by atoms with van der Waals surface area (Å²) in [6.45, 7) is 0. The Labute approximate surface area is 100 Å². The molecule has 0 atom stereocenters. The summed E-state index contributed by atoms with van der Waals surface area (Å²) in [7, 11) is 0. The van der Waals surface area contributed by atoms with E-state index in [4.69, 9.17) is 5.73 Å². The molecule has 0 radical (unpaired) electrons. The summed E-state index contributed by atoms with van der Waals surface area (Å²) >= 11 is 0. The molecular weight excluding hydrogens is 247 g/mol. The zero-order valence-electron chi connectivity index (χ0n) is 8.99. The smallest absolute Gasteiger partial charge is 0.420 e. The first kappa shape index (κ1) is 12.2. The van der Waals surface area contributed by atoms with Crippen LogP contribution in [-0.4, -0.2) is 5.91 Å². The molecule has 94 valence electrons. The van der Waals surface area contributed by atoms with E-state index in [-0.39, 0.29) is 11.1 Å². The van der Waals surface area contributed by atoms with Crippen molar-refractivity contribution >= 4 is 5.91 Å². The van der Waals surface area contributed by atoms with Crippen molar-refractivity contribution in [3.05, 3.63) is 47.9 Å². The van der Waals surface area contributed by atoms with Crippen LogP contribution < -0.4 is 5.73 Å². The molecule has 2 N–H and O–H groups in total. The van der Waals surface area contributed by atoms with Gasteiger partial charge in [-0.1, -0.05) is 30.3 Å². The van der Waals surface area contributed by atoms with Crippen LogP contribution in [0.4, 0.5) is 13.2 Å². The Hall–Kier alpha value is -2.24. The number of amides is 1. The number of hydrogen-bond donors (Lipinski definition) is 1. The van der Waals surface area contributed by atoms with Gasteiger partial charge in [0.25, 0.3) is 5.91 Å². The molecule has 3 nitrogen and oxygen atoms in total. The second kappa shape index (κ2) is 4.21. The van der Waals surface area contributed by atoms with E-state index in [9.17, 15) is 18.0 Å². The molecule has 0 aliphatic rings. The van der Waals surface area contributed by atoms with Gasteiger partial charge >= 0.3 is 6.18 Å². The van der Waals surface area contributed by atoms with E-state index in [0.717, 1.165) is 0 Å². The number of furan rings is 1. The number of nitrogens with two attached hydrogens (primary N) is 1. The van der Waals surface area contributed by atoms with Crippen LogP contribution in [-0.2, 0) is 6.18 Å². The molecule has 0 saturated heterocycles. The Morgan fingerprint density at radius 2 is 1.78 bits per heavy atom. The Kier molecular flexibility index (Phi) is 2.86. The summed E-state index contributed by atoms with van der Waals surface area (Å²) < 4.78 is 43.0. The third-order valence-corrected chi connectivity index (χ3v) is 2.38. The Bertz CT molecular complexity index is 573. The number of primary amides is 1. The number of alkyl halides is 3. The molecule has 1 aromatic heterocycles. The second-order valence-corrected chi connectivity index (χ2v) is 3.58. The molecule has 0 aliphatic carbocycles. The van der Waals surface area contributed by atoms with Crippen LogP contribution in [0.5, 0.6) is 0 Å². The maximum absolute atomic E-state index is 12.8. The molecule has 6 heteroatoms. The fraction of sp³-hybridized carbons (Fsp3) is 0.0833. The standard InChI is InChI=1S/C12H8F3NO2/c13-12(14,15)8-6-18-10(11(16)17)9(8)7-4-2-1-3-5-7/h1-6H,(H2,16,17). The van der Waals surface area contributed by atoms with Gasteiger partial charge in [0.15, 0.2) is 5.76 Å². The minimum absolute atomic E-state index is 0.229. The van der Waals surface area contributed by atoms with Gasteiger partial charge in [-0.3, -0.25) is 4.79 Å². The summed E-state index contributed by atoms with van der Waals surface area (Å²) in [6.07, 6.45) is -4.11. The minimum atomic E-state index is -4.61. The molecule has 0 unspecified atom stereocenters. The lowest BCUT2D eigenvalue weighted by Gasteiger charge is -2.07. The lowest BCUT2D eigenvalue weighted by atomic mass is 10.0. The highest BCUT2D eigenvalue weighted by Gasteiger charge is 2.38. The number of rotatable bonds is 2. The van der Waals surface area contributed by atoms with Crippen molar-refractivity contribution in [1.82, 2.24) is 0 Å². The van der Waals surface area contributed by atoms with Gasteiger partial charge in [-0.2, -0.15) is 13.2 Å². The quantitative estimate of drug-likeness (QED) is 0.896. The maximum atomic E-state index is 12.8. The van der Waals surface area contributed by atoms with Gasteiger partial charge in [-0.15, -0.1) is 0 Å². The van der Waals surface area contributed by atoms with E-state index in [1.807, 2.05) is 0 Å². The molecule has 18 heavy (non-hydrogen) atoms. The summed E-state index contributed by atoms with van der Waals surface area (Å²) in [5, 5.41) is 0. The molecule has 2 aromatic rings.